The third kappa shape index (κ3) is 4.64. The van der Waals surface area contributed by atoms with Crippen molar-refractivity contribution in [1.29, 1.82) is 0 Å². The number of hydrogen-bond donors (Lipinski definition) is 1. The number of aryl methyl sites for hydroxylation is 1. The third-order valence-corrected chi connectivity index (χ3v) is 4.92. The van der Waals surface area contributed by atoms with Crippen molar-refractivity contribution < 1.29 is 14.3 Å². The lowest BCUT2D eigenvalue weighted by atomic mass is 10.1. The van der Waals surface area contributed by atoms with Gasteiger partial charge in [-0.15, -0.1) is 0 Å². The second kappa shape index (κ2) is 9.26. The molecular weight excluding hydrogens is 390 g/mol. The number of ether oxygens (including phenoxy) is 1. The number of amides is 1. The number of nitrogens with one attached hydrogen (secondary N) is 1. The van der Waals surface area contributed by atoms with Gasteiger partial charge >= 0.3 is 5.97 Å². The SMILES string of the molecule is CCOC(=O)c1cccc(NC(=O)CCc2c(-c3ccccc3)nc3ccccn23)c1. The molecule has 0 unspecified atom stereocenters. The average Bonchev–Trinajstić information content (AvgIpc) is 3.17. The predicted octanol–water partition coefficient (Wildman–Crippen LogP) is 4.75. The molecule has 0 saturated heterocycles. The number of pyridine rings is 1. The van der Waals surface area contributed by atoms with Crippen LogP contribution in [0.1, 0.15) is 29.4 Å². The first-order valence-corrected chi connectivity index (χ1v) is 10.2. The molecule has 1 amide bonds. The number of rotatable bonds is 7. The summed E-state index contributed by atoms with van der Waals surface area (Å²) in [4.78, 5) is 29.3. The largest absolute Gasteiger partial charge is 0.462 e. The van der Waals surface area contributed by atoms with E-state index in [4.69, 9.17) is 9.72 Å². The Bertz CT molecular complexity index is 1220. The third-order valence-electron chi connectivity index (χ3n) is 4.92. The molecule has 0 bridgehead atoms. The summed E-state index contributed by atoms with van der Waals surface area (Å²) in [5.74, 6) is -0.539. The van der Waals surface area contributed by atoms with Crippen molar-refractivity contribution in [2.75, 3.05) is 11.9 Å². The predicted molar refractivity (Wildman–Crippen MR) is 120 cm³/mol. The summed E-state index contributed by atoms with van der Waals surface area (Å²) in [7, 11) is 0. The molecule has 0 aliphatic carbocycles. The van der Waals surface area contributed by atoms with Crippen molar-refractivity contribution in [1.82, 2.24) is 9.38 Å². The molecule has 31 heavy (non-hydrogen) atoms. The number of aromatic nitrogens is 2. The highest BCUT2D eigenvalue weighted by atomic mass is 16.5. The van der Waals surface area contributed by atoms with E-state index in [1.54, 1.807) is 31.2 Å². The van der Waals surface area contributed by atoms with Crippen LogP contribution in [0.4, 0.5) is 5.69 Å². The van der Waals surface area contributed by atoms with Crippen molar-refractivity contribution in [3.63, 3.8) is 0 Å². The van der Waals surface area contributed by atoms with Gasteiger partial charge in [-0.2, -0.15) is 0 Å². The fourth-order valence-electron chi connectivity index (χ4n) is 3.51. The van der Waals surface area contributed by atoms with Gasteiger partial charge in [0.2, 0.25) is 5.91 Å². The summed E-state index contributed by atoms with van der Waals surface area (Å²) in [6, 6.07) is 22.6. The molecule has 4 aromatic rings. The minimum absolute atomic E-state index is 0.133. The van der Waals surface area contributed by atoms with Crippen molar-refractivity contribution >= 4 is 23.2 Å². The molecule has 4 rings (SSSR count). The Morgan fingerprint density at radius 1 is 1.00 bits per heavy atom. The van der Waals surface area contributed by atoms with Crippen molar-refractivity contribution in [3.8, 4) is 11.3 Å². The van der Waals surface area contributed by atoms with Gasteiger partial charge in [-0.1, -0.05) is 42.5 Å². The number of fused-ring (bicyclic) bond motifs is 1. The molecule has 1 N–H and O–H groups in total. The Kier molecular flexibility index (Phi) is 6.08. The summed E-state index contributed by atoms with van der Waals surface area (Å²) in [5.41, 5.74) is 4.70. The molecule has 0 aliphatic heterocycles. The van der Waals surface area contributed by atoms with Crippen LogP contribution in [0.3, 0.4) is 0 Å². The minimum Gasteiger partial charge on any atom is -0.462 e. The van der Waals surface area contributed by atoms with Gasteiger partial charge in [0.15, 0.2) is 0 Å². The van der Waals surface area contributed by atoms with Crippen LogP contribution in [0.2, 0.25) is 0 Å². The molecule has 6 heteroatoms. The van der Waals surface area contributed by atoms with Crippen LogP contribution in [0.15, 0.2) is 79.0 Å². The highest BCUT2D eigenvalue weighted by Gasteiger charge is 2.15. The summed E-state index contributed by atoms with van der Waals surface area (Å²) in [6.45, 7) is 2.06. The summed E-state index contributed by atoms with van der Waals surface area (Å²) < 4.78 is 7.04. The zero-order valence-electron chi connectivity index (χ0n) is 17.2. The van der Waals surface area contributed by atoms with E-state index in [0.717, 1.165) is 22.6 Å². The number of benzene rings is 2. The molecule has 156 valence electrons. The first-order chi connectivity index (χ1) is 15.2. The van der Waals surface area contributed by atoms with Crippen molar-refractivity contribution in [2.45, 2.75) is 19.8 Å². The van der Waals surface area contributed by atoms with Gasteiger partial charge in [-0.25, -0.2) is 9.78 Å². The second-order valence-electron chi connectivity index (χ2n) is 7.05. The standard InChI is InChI=1S/C25H23N3O3/c1-2-31-25(30)19-11-8-12-20(17-19)26-23(29)15-14-21-24(18-9-4-3-5-10-18)27-22-13-6-7-16-28(21)22/h3-13,16-17H,2,14-15H2,1H3,(H,26,29). The van der Waals surface area contributed by atoms with E-state index in [1.165, 1.54) is 0 Å². The van der Waals surface area contributed by atoms with Crippen LogP contribution in [-0.2, 0) is 16.0 Å². The molecule has 0 spiro atoms. The molecule has 6 nitrogen and oxygen atoms in total. The highest BCUT2D eigenvalue weighted by molar-refractivity contribution is 5.94. The van der Waals surface area contributed by atoms with Gasteiger partial charge in [-0.05, 0) is 43.7 Å². The Hall–Kier alpha value is -3.93. The van der Waals surface area contributed by atoms with Crippen LogP contribution in [0.25, 0.3) is 16.9 Å². The zero-order chi connectivity index (χ0) is 21.6. The second-order valence-corrected chi connectivity index (χ2v) is 7.05. The molecule has 0 fully saturated rings. The normalized spacial score (nSPS) is 10.7. The van der Waals surface area contributed by atoms with Crippen LogP contribution >= 0.6 is 0 Å². The van der Waals surface area contributed by atoms with Gasteiger partial charge < -0.3 is 14.5 Å². The summed E-state index contributed by atoms with van der Waals surface area (Å²) in [5, 5.41) is 2.87. The lowest BCUT2D eigenvalue weighted by Crippen LogP contribution is -2.14. The smallest absolute Gasteiger partial charge is 0.338 e. The monoisotopic (exact) mass is 413 g/mol. The van der Waals surface area contributed by atoms with Gasteiger partial charge in [0.05, 0.1) is 23.6 Å². The lowest BCUT2D eigenvalue weighted by molar-refractivity contribution is -0.116. The maximum Gasteiger partial charge on any atom is 0.338 e. The molecule has 0 radical (unpaired) electrons. The summed E-state index contributed by atoms with van der Waals surface area (Å²) in [6.07, 6.45) is 2.77. The topological polar surface area (TPSA) is 72.7 Å². The number of carbonyl (C=O) groups excluding carboxylic acids is 2. The van der Waals surface area contributed by atoms with Crippen LogP contribution in [0, 0.1) is 0 Å². The molecule has 0 aliphatic rings. The van der Waals surface area contributed by atoms with E-state index in [1.807, 2.05) is 59.1 Å². The molecule has 0 atom stereocenters. The van der Waals surface area contributed by atoms with E-state index < -0.39 is 5.97 Å². The minimum atomic E-state index is -0.406. The molecule has 2 aromatic heterocycles. The zero-order valence-corrected chi connectivity index (χ0v) is 17.2. The number of carbonyl (C=O) groups is 2. The van der Waals surface area contributed by atoms with Crippen molar-refractivity contribution in [2.24, 2.45) is 0 Å². The van der Waals surface area contributed by atoms with E-state index in [0.29, 0.717) is 24.3 Å². The van der Waals surface area contributed by atoms with E-state index >= 15 is 0 Å². The highest BCUT2D eigenvalue weighted by Crippen LogP contribution is 2.25. The fourth-order valence-corrected chi connectivity index (χ4v) is 3.51. The summed E-state index contributed by atoms with van der Waals surface area (Å²) >= 11 is 0. The van der Waals surface area contributed by atoms with Crippen LogP contribution in [0.5, 0.6) is 0 Å². The molecule has 0 saturated carbocycles. The Labute approximate surface area is 180 Å². The van der Waals surface area contributed by atoms with E-state index in [2.05, 4.69) is 5.32 Å². The van der Waals surface area contributed by atoms with Gasteiger partial charge in [0.25, 0.3) is 0 Å². The number of hydrogen-bond acceptors (Lipinski definition) is 4. The first kappa shape index (κ1) is 20.3. The van der Waals surface area contributed by atoms with Gasteiger partial charge in [0.1, 0.15) is 5.65 Å². The lowest BCUT2D eigenvalue weighted by Gasteiger charge is -2.08. The quantitative estimate of drug-likeness (QED) is 0.444. The molecular formula is C25H23N3O3. The number of imidazole rings is 1. The van der Waals surface area contributed by atoms with Crippen LogP contribution < -0.4 is 5.32 Å². The average molecular weight is 413 g/mol. The Morgan fingerprint density at radius 3 is 2.61 bits per heavy atom. The number of esters is 1. The van der Waals surface area contributed by atoms with E-state index in [9.17, 15) is 9.59 Å². The van der Waals surface area contributed by atoms with Crippen LogP contribution in [-0.4, -0.2) is 27.9 Å². The number of nitrogens with zero attached hydrogens (tertiary/aromatic N) is 2. The number of anilines is 1. The first-order valence-electron chi connectivity index (χ1n) is 10.2. The maximum atomic E-state index is 12.6. The maximum absolute atomic E-state index is 12.6. The Morgan fingerprint density at radius 2 is 1.81 bits per heavy atom. The molecule has 2 aromatic carbocycles. The van der Waals surface area contributed by atoms with Gasteiger partial charge in [-0.3, -0.25) is 4.79 Å². The van der Waals surface area contributed by atoms with Gasteiger partial charge in [0, 0.05) is 23.9 Å². The van der Waals surface area contributed by atoms with E-state index in [-0.39, 0.29) is 12.3 Å². The Balaban J connectivity index is 1.51. The fraction of sp³-hybridized carbons (Fsp3) is 0.160. The molecule has 2 heterocycles. The van der Waals surface area contributed by atoms with Crippen molar-refractivity contribution in [3.05, 3.63) is 90.3 Å².